The number of ether oxygens (including phenoxy) is 2. The summed E-state index contributed by atoms with van der Waals surface area (Å²) in [5.41, 5.74) is 3.63. The summed E-state index contributed by atoms with van der Waals surface area (Å²) in [6.07, 6.45) is 0.148. The quantitative estimate of drug-likeness (QED) is 0.912. The molecule has 0 aromatic heterocycles. The van der Waals surface area contributed by atoms with Crippen molar-refractivity contribution in [1.29, 1.82) is 0 Å². The standard InChI is InChI=1S/C16H26N2O2/c1-11-6-7-13(16(19-5)12(11)2)15(17-3)14-10-18(4)8-9-20-14/h6-7,14-15,17H,8-10H2,1-5H3. The SMILES string of the molecule is CNC(c1ccc(C)c(C)c1OC)C1CN(C)CCO1. The highest BCUT2D eigenvalue weighted by atomic mass is 16.5. The van der Waals surface area contributed by atoms with Gasteiger partial charge < -0.3 is 19.7 Å². The largest absolute Gasteiger partial charge is 0.496 e. The van der Waals surface area contributed by atoms with Crippen LogP contribution in [0.2, 0.25) is 0 Å². The fraction of sp³-hybridized carbons (Fsp3) is 0.625. The molecule has 1 fully saturated rings. The molecule has 4 nitrogen and oxygen atoms in total. The molecule has 1 saturated heterocycles. The molecule has 112 valence electrons. The first kappa shape index (κ1) is 15.3. The first-order valence-corrected chi connectivity index (χ1v) is 7.20. The molecule has 0 spiro atoms. The molecule has 2 unspecified atom stereocenters. The van der Waals surface area contributed by atoms with Crippen LogP contribution in [-0.2, 0) is 4.74 Å². The van der Waals surface area contributed by atoms with E-state index in [4.69, 9.17) is 9.47 Å². The van der Waals surface area contributed by atoms with Crippen molar-refractivity contribution in [3.63, 3.8) is 0 Å². The van der Waals surface area contributed by atoms with Crippen LogP contribution in [0.1, 0.15) is 22.7 Å². The first-order chi connectivity index (χ1) is 9.58. The van der Waals surface area contributed by atoms with E-state index in [0.29, 0.717) is 0 Å². The van der Waals surface area contributed by atoms with Crippen LogP contribution in [-0.4, -0.2) is 51.9 Å². The molecule has 1 N–H and O–H groups in total. The Hall–Kier alpha value is -1.10. The van der Waals surface area contributed by atoms with E-state index in [1.807, 2.05) is 7.05 Å². The molecule has 20 heavy (non-hydrogen) atoms. The van der Waals surface area contributed by atoms with Crippen molar-refractivity contribution in [3.8, 4) is 5.75 Å². The zero-order valence-corrected chi connectivity index (χ0v) is 13.2. The molecule has 1 aromatic carbocycles. The summed E-state index contributed by atoms with van der Waals surface area (Å²) in [6.45, 7) is 6.93. The van der Waals surface area contributed by atoms with Crippen LogP contribution in [0, 0.1) is 13.8 Å². The number of aryl methyl sites for hydroxylation is 1. The molecule has 2 atom stereocenters. The van der Waals surface area contributed by atoms with E-state index < -0.39 is 0 Å². The summed E-state index contributed by atoms with van der Waals surface area (Å²) in [6, 6.07) is 4.46. The minimum absolute atomic E-state index is 0.145. The van der Waals surface area contributed by atoms with Gasteiger partial charge in [0.05, 0.1) is 25.9 Å². The van der Waals surface area contributed by atoms with Crippen LogP contribution >= 0.6 is 0 Å². The van der Waals surface area contributed by atoms with E-state index in [-0.39, 0.29) is 12.1 Å². The summed E-state index contributed by atoms with van der Waals surface area (Å²) in [4.78, 5) is 2.31. The number of hydrogen-bond acceptors (Lipinski definition) is 4. The Balaban J connectivity index is 2.34. The predicted molar refractivity (Wildman–Crippen MR) is 81.5 cm³/mol. The zero-order chi connectivity index (χ0) is 14.7. The minimum Gasteiger partial charge on any atom is -0.496 e. The molecule has 1 heterocycles. The Morgan fingerprint density at radius 2 is 2.15 bits per heavy atom. The molecule has 1 aliphatic rings. The third-order valence-corrected chi connectivity index (χ3v) is 4.23. The zero-order valence-electron chi connectivity index (χ0n) is 13.2. The lowest BCUT2D eigenvalue weighted by atomic mass is 9.95. The second-order valence-corrected chi connectivity index (χ2v) is 5.57. The van der Waals surface area contributed by atoms with Gasteiger partial charge in [0.1, 0.15) is 5.75 Å². The lowest BCUT2D eigenvalue weighted by molar-refractivity contribution is -0.0383. The molecule has 4 heteroatoms. The van der Waals surface area contributed by atoms with Crippen molar-refractivity contribution in [2.45, 2.75) is 26.0 Å². The maximum atomic E-state index is 5.97. The van der Waals surface area contributed by atoms with Crippen LogP contribution in [0.4, 0.5) is 0 Å². The van der Waals surface area contributed by atoms with E-state index >= 15 is 0 Å². The summed E-state index contributed by atoms with van der Waals surface area (Å²) in [7, 11) is 5.86. The maximum Gasteiger partial charge on any atom is 0.126 e. The first-order valence-electron chi connectivity index (χ1n) is 7.20. The van der Waals surface area contributed by atoms with Gasteiger partial charge in [0.15, 0.2) is 0 Å². The van der Waals surface area contributed by atoms with Crippen LogP contribution in [0.5, 0.6) is 5.75 Å². The Morgan fingerprint density at radius 3 is 2.75 bits per heavy atom. The number of methoxy groups -OCH3 is 1. The van der Waals surface area contributed by atoms with Crippen molar-refractivity contribution in [2.24, 2.45) is 0 Å². The lowest BCUT2D eigenvalue weighted by Gasteiger charge is -2.36. The maximum absolute atomic E-state index is 5.97. The summed E-state index contributed by atoms with van der Waals surface area (Å²) >= 11 is 0. The smallest absolute Gasteiger partial charge is 0.126 e. The van der Waals surface area contributed by atoms with Crippen molar-refractivity contribution in [1.82, 2.24) is 10.2 Å². The van der Waals surface area contributed by atoms with Gasteiger partial charge in [0.2, 0.25) is 0 Å². The van der Waals surface area contributed by atoms with E-state index in [2.05, 4.69) is 43.2 Å². The number of morpholine rings is 1. The number of likely N-dealkylation sites (N-methyl/N-ethyl adjacent to an activating group) is 2. The van der Waals surface area contributed by atoms with Crippen molar-refractivity contribution in [3.05, 3.63) is 28.8 Å². The molecular formula is C16H26N2O2. The average Bonchev–Trinajstić information content (AvgIpc) is 2.44. The Kier molecular flexibility index (Phi) is 5.02. The van der Waals surface area contributed by atoms with Crippen molar-refractivity contribution in [2.75, 3.05) is 40.9 Å². The lowest BCUT2D eigenvalue weighted by Crippen LogP contribution is -2.46. The topological polar surface area (TPSA) is 33.7 Å². The van der Waals surface area contributed by atoms with E-state index in [1.54, 1.807) is 7.11 Å². The highest BCUT2D eigenvalue weighted by Crippen LogP contribution is 2.33. The van der Waals surface area contributed by atoms with Crippen LogP contribution in [0.25, 0.3) is 0 Å². The highest BCUT2D eigenvalue weighted by Gasteiger charge is 2.29. The second kappa shape index (κ2) is 6.57. The van der Waals surface area contributed by atoms with Crippen LogP contribution < -0.4 is 10.1 Å². The Morgan fingerprint density at radius 1 is 1.40 bits per heavy atom. The molecule has 0 aliphatic carbocycles. The second-order valence-electron chi connectivity index (χ2n) is 5.57. The average molecular weight is 278 g/mol. The monoisotopic (exact) mass is 278 g/mol. The van der Waals surface area contributed by atoms with Crippen molar-refractivity contribution < 1.29 is 9.47 Å². The summed E-state index contributed by atoms with van der Waals surface area (Å²) in [5, 5.41) is 3.40. The van der Waals surface area contributed by atoms with E-state index in [0.717, 1.165) is 25.4 Å². The Bertz CT molecular complexity index is 462. The number of benzene rings is 1. The number of hydrogen-bond donors (Lipinski definition) is 1. The van der Waals surface area contributed by atoms with Crippen LogP contribution in [0.3, 0.4) is 0 Å². The fourth-order valence-corrected chi connectivity index (χ4v) is 2.88. The number of rotatable bonds is 4. The Labute approximate surface area is 122 Å². The van der Waals surface area contributed by atoms with Crippen molar-refractivity contribution >= 4 is 0 Å². The predicted octanol–water partition coefficient (Wildman–Crippen LogP) is 1.90. The molecule has 2 rings (SSSR count). The molecule has 0 saturated carbocycles. The third kappa shape index (κ3) is 2.97. The molecule has 1 aliphatic heterocycles. The summed E-state index contributed by atoms with van der Waals surface area (Å²) in [5.74, 6) is 0.973. The number of nitrogens with one attached hydrogen (secondary N) is 1. The molecular weight excluding hydrogens is 252 g/mol. The minimum atomic E-state index is 0.145. The molecule has 0 radical (unpaired) electrons. The van der Waals surface area contributed by atoms with Gasteiger partial charge in [-0.05, 0) is 39.1 Å². The van der Waals surface area contributed by atoms with Gasteiger partial charge in [-0.3, -0.25) is 0 Å². The summed E-state index contributed by atoms with van der Waals surface area (Å²) < 4.78 is 11.6. The number of nitrogens with zero attached hydrogens (tertiary/aromatic N) is 1. The molecule has 0 bridgehead atoms. The van der Waals surface area contributed by atoms with Gasteiger partial charge in [-0.15, -0.1) is 0 Å². The van der Waals surface area contributed by atoms with Gasteiger partial charge in [-0.25, -0.2) is 0 Å². The fourth-order valence-electron chi connectivity index (χ4n) is 2.88. The third-order valence-electron chi connectivity index (χ3n) is 4.23. The van der Waals surface area contributed by atoms with Gasteiger partial charge >= 0.3 is 0 Å². The van der Waals surface area contributed by atoms with Gasteiger partial charge in [0.25, 0.3) is 0 Å². The van der Waals surface area contributed by atoms with Gasteiger partial charge in [-0.2, -0.15) is 0 Å². The highest BCUT2D eigenvalue weighted by molar-refractivity contribution is 5.47. The van der Waals surface area contributed by atoms with Crippen LogP contribution in [0.15, 0.2) is 12.1 Å². The molecule has 1 aromatic rings. The van der Waals surface area contributed by atoms with E-state index in [1.165, 1.54) is 16.7 Å². The van der Waals surface area contributed by atoms with E-state index in [9.17, 15) is 0 Å². The normalized spacial score (nSPS) is 21.8. The van der Waals surface area contributed by atoms with Gasteiger partial charge in [0, 0.05) is 18.7 Å². The molecule has 0 amide bonds. The van der Waals surface area contributed by atoms with Gasteiger partial charge in [-0.1, -0.05) is 12.1 Å².